The Morgan fingerprint density at radius 2 is 2.24 bits per heavy atom. The predicted molar refractivity (Wildman–Crippen MR) is 90.5 cm³/mol. The Labute approximate surface area is 131 Å². The number of rotatable bonds is 5. The summed E-state index contributed by atoms with van der Waals surface area (Å²) >= 11 is 4.94. The first-order valence-electron chi connectivity index (χ1n) is 7.33. The fourth-order valence-corrected chi connectivity index (χ4v) is 2.91. The Morgan fingerprint density at radius 1 is 1.48 bits per heavy atom. The lowest BCUT2D eigenvalue weighted by atomic mass is 10.0. The molecule has 1 heterocycles. The number of likely N-dealkylation sites (tertiary alicyclic amines) is 1. The van der Waals surface area contributed by atoms with Gasteiger partial charge in [0.2, 0.25) is 5.91 Å². The first-order chi connectivity index (χ1) is 9.88. The molecule has 1 aliphatic heterocycles. The average molecular weight is 305 g/mol. The van der Waals surface area contributed by atoms with Crippen LogP contribution in [0.25, 0.3) is 0 Å². The Hall–Kier alpha value is -1.46. The molecule has 0 saturated carbocycles. The zero-order valence-corrected chi connectivity index (χ0v) is 13.5. The maximum Gasteiger partial charge on any atom is 0.225 e. The smallest absolute Gasteiger partial charge is 0.225 e. The third-order valence-electron chi connectivity index (χ3n) is 4.11. The number of thiocarbonyl (C=S) groups is 1. The molecule has 0 radical (unpaired) electrons. The molecular formula is C16H23N3OS. The van der Waals surface area contributed by atoms with E-state index in [-0.39, 0.29) is 11.4 Å². The van der Waals surface area contributed by atoms with Crippen molar-refractivity contribution in [1.82, 2.24) is 4.90 Å². The molecule has 0 atom stereocenters. The molecule has 5 heteroatoms. The molecule has 4 nitrogen and oxygen atoms in total. The zero-order chi connectivity index (χ0) is 15.5. The van der Waals surface area contributed by atoms with Crippen LogP contribution in [0.3, 0.4) is 0 Å². The van der Waals surface area contributed by atoms with E-state index in [0.29, 0.717) is 11.4 Å². The van der Waals surface area contributed by atoms with Crippen LogP contribution in [0, 0.1) is 0 Å². The Morgan fingerprint density at radius 3 is 2.86 bits per heavy atom. The van der Waals surface area contributed by atoms with Crippen LogP contribution in [0.2, 0.25) is 0 Å². The summed E-state index contributed by atoms with van der Waals surface area (Å²) in [6.45, 7) is 6.36. The van der Waals surface area contributed by atoms with E-state index in [1.165, 1.54) is 12.8 Å². The predicted octanol–water partition coefficient (Wildman–Crippen LogP) is 2.52. The number of anilines is 1. The summed E-state index contributed by atoms with van der Waals surface area (Å²) in [5.74, 6) is 0.0257. The van der Waals surface area contributed by atoms with E-state index in [9.17, 15) is 4.79 Å². The van der Waals surface area contributed by atoms with Gasteiger partial charge in [-0.25, -0.2) is 0 Å². The third-order valence-corrected chi connectivity index (χ3v) is 4.35. The molecule has 1 aromatic carbocycles. The fraction of sp³-hybridized carbons (Fsp3) is 0.500. The highest BCUT2D eigenvalue weighted by molar-refractivity contribution is 7.80. The first-order valence-corrected chi connectivity index (χ1v) is 7.74. The maximum atomic E-state index is 12.1. The van der Waals surface area contributed by atoms with Crippen LogP contribution in [0.5, 0.6) is 0 Å². The number of nitrogens with two attached hydrogens (primary N) is 1. The number of benzene rings is 1. The summed E-state index contributed by atoms with van der Waals surface area (Å²) in [5, 5.41) is 2.91. The largest absolute Gasteiger partial charge is 0.389 e. The minimum Gasteiger partial charge on any atom is -0.389 e. The van der Waals surface area contributed by atoms with Gasteiger partial charge < -0.3 is 11.1 Å². The van der Waals surface area contributed by atoms with Gasteiger partial charge in [-0.15, -0.1) is 0 Å². The molecule has 3 N–H and O–H groups in total. The zero-order valence-electron chi connectivity index (χ0n) is 12.7. The maximum absolute atomic E-state index is 12.1. The molecule has 21 heavy (non-hydrogen) atoms. The summed E-state index contributed by atoms with van der Waals surface area (Å²) < 4.78 is 0. The second-order valence-corrected chi connectivity index (χ2v) is 6.59. The van der Waals surface area contributed by atoms with E-state index in [4.69, 9.17) is 18.0 Å². The van der Waals surface area contributed by atoms with E-state index in [2.05, 4.69) is 24.1 Å². The molecule has 114 valence electrons. The molecule has 1 saturated heterocycles. The van der Waals surface area contributed by atoms with Gasteiger partial charge in [-0.05, 0) is 45.4 Å². The molecule has 2 rings (SSSR count). The molecule has 1 fully saturated rings. The quantitative estimate of drug-likeness (QED) is 0.821. The minimum atomic E-state index is 0.0257. The third kappa shape index (κ3) is 4.25. The summed E-state index contributed by atoms with van der Waals surface area (Å²) in [6.07, 6.45) is 2.91. The second-order valence-electron chi connectivity index (χ2n) is 6.15. The summed E-state index contributed by atoms with van der Waals surface area (Å²) in [5.41, 5.74) is 7.32. The lowest BCUT2D eigenvalue weighted by molar-refractivity contribution is -0.116. The van der Waals surface area contributed by atoms with E-state index in [1.807, 2.05) is 18.2 Å². The van der Waals surface area contributed by atoms with E-state index in [1.54, 1.807) is 6.07 Å². The van der Waals surface area contributed by atoms with Crippen molar-refractivity contribution in [2.45, 2.75) is 38.6 Å². The molecule has 1 aliphatic rings. The number of nitrogens with one attached hydrogen (secondary N) is 1. The fourth-order valence-electron chi connectivity index (χ4n) is 2.79. The molecule has 0 bridgehead atoms. The van der Waals surface area contributed by atoms with Gasteiger partial charge in [0.05, 0.1) is 0 Å². The van der Waals surface area contributed by atoms with Crippen molar-refractivity contribution < 1.29 is 4.79 Å². The van der Waals surface area contributed by atoms with Gasteiger partial charge in [0.1, 0.15) is 4.99 Å². The highest BCUT2D eigenvalue weighted by atomic mass is 32.1. The molecule has 0 unspecified atom stereocenters. The Balaban J connectivity index is 1.87. The van der Waals surface area contributed by atoms with Gasteiger partial charge in [-0.3, -0.25) is 9.69 Å². The van der Waals surface area contributed by atoms with Crippen molar-refractivity contribution in [3.63, 3.8) is 0 Å². The molecule has 0 spiro atoms. The van der Waals surface area contributed by atoms with Gasteiger partial charge in [-0.2, -0.15) is 0 Å². The number of hydrogen-bond acceptors (Lipinski definition) is 3. The highest BCUT2D eigenvalue weighted by Crippen LogP contribution is 2.27. The number of carbonyl (C=O) groups excluding carboxylic acids is 1. The SMILES string of the molecule is CC1(C)CCCN1CCC(=O)Nc1cccc(C(N)=S)c1. The van der Waals surface area contributed by atoms with Crippen LogP contribution < -0.4 is 11.1 Å². The van der Waals surface area contributed by atoms with Crippen LogP contribution >= 0.6 is 12.2 Å². The molecule has 0 aliphatic carbocycles. The van der Waals surface area contributed by atoms with Crippen molar-refractivity contribution in [3.8, 4) is 0 Å². The van der Waals surface area contributed by atoms with Gasteiger partial charge in [-0.1, -0.05) is 24.4 Å². The summed E-state index contributed by atoms with van der Waals surface area (Å²) in [4.78, 5) is 14.8. The van der Waals surface area contributed by atoms with Crippen LogP contribution in [0.4, 0.5) is 5.69 Å². The molecule has 1 aromatic rings. The van der Waals surface area contributed by atoms with Crippen molar-refractivity contribution in [2.24, 2.45) is 5.73 Å². The van der Waals surface area contributed by atoms with Crippen molar-refractivity contribution in [1.29, 1.82) is 0 Å². The standard InChI is InChI=1S/C16H23N3OS/c1-16(2)8-4-9-19(16)10-7-14(20)18-13-6-3-5-12(11-13)15(17)21/h3,5-6,11H,4,7-10H2,1-2H3,(H2,17,21)(H,18,20). The lowest BCUT2D eigenvalue weighted by Gasteiger charge is -2.31. The monoisotopic (exact) mass is 305 g/mol. The summed E-state index contributed by atoms with van der Waals surface area (Å²) in [7, 11) is 0. The number of carbonyl (C=O) groups is 1. The second kappa shape index (κ2) is 6.54. The van der Waals surface area contributed by atoms with Crippen molar-refractivity contribution in [2.75, 3.05) is 18.4 Å². The van der Waals surface area contributed by atoms with E-state index < -0.39 is 0 Å². The summed E-state index contributed by atoms with van der Waals surface area (Å²) in [6, 6.07) is 7.33. The Kier molecular flexibility index (Phi) is 4.96. The van der Waals surface area contributed by atoms with Gasteiger partial charge in [0.15, 0.2) is 0 Å². The van der Waals surface area contributed by atoms with Crippen LogP contribution in [0.15, 0.2) is 24.3 Å². The van der Waals surface area contributed by atoms with Crippen LogP contribution in [-0.4, -0.2) is 34.4 Å². The lowest BCUT2D eigenvalue weighted by Crippen LogP contribution is -2.39. The van der Waals surface area contributed by atoms with Crippen molar-refractivity contribution in [3.05, 3.63) is 29.8 Å². The average Bonchev–Trinajstić information content (AvgIpc) is 2.75. The van der Waals surface area contributed by atoms with Gasteiger partial charge in [0.25, 0.3) is 0 Å². The normalized spacial score (nSPS) is 17.6. The van der Waals surface area contributed by atoms with Gasteiger partial charge in [0, 0.05) is 29.8 Å². The van der Waals surface area contributed by atoms with E-state index >= 15 is 0 Å². The molecule has 1 amide bonds. The van der Waals surface area contributed by atoms with E-state index in [0.717, 1.165) is 24.3 Å². The Bertz CT molecular complexity index is 542. The minimum absolute atomic E-state index is 0.0257. The number of nitrogens with zero attached hydrogens (tertiary/aromatic N) is 1. The van der Waals surface area contributed by atoms with Crippen molar-refractivity contribution >= 4 is 28.8 Å². The van der Waals surface area contributed by atoms with Crippen LogP contribution in [-0.2, 0) is 4.79 Å². The molecular weight excluding hydrogens is 282 g/mol. The van der Waals surface area contributed by atoms with Crippen LogP contribution in [0.1, 0.15) is 38.7 Å². The highest BCUT2D eigenvalue weighted by Gasteiger charge is 2.31. The molecule has 0 aromatic heterocycles. The number of amides is 1. The first kappa shape index (κ1) is 15.9. The van der Waals surface area contributed by atoms with Gasteiger partial charge >= 0.3 is 0 Å². The number of hydrogen-bond donors (Lipinski definition) is 2. The topological polar surface area (TPSA) is 58.4 Å².